The molecule has 1 aliphatic rings. The molecule has 0 aromatic heterocycles. The average molecular weight is 201 g/mol. The first-order chi connectivity index (χ1) is 7.20. The van der Waals surface area contributed by atoms with Gasteiger partial charge in [-0.3, -0.25) is 0 Å². The van der Waals surface area contributed by atoms with E-state index in [1.165, 1.54) is 6.08 Å². The molecule has 1 aliphatic heterocycles. The molecule has 0 amide bonds. The van der Waals surface area contributed by atoms with Crippen LogP contribution < -0.4 is 4.74 Å². The monoisotopic (exact) mass is 201 g/mol. The molecule has 0 bridgehead atoms. The topological polar surface area (TPSA) is 70.3 Å². The van der Waals surface area contributed by atoms with Crippen molar-refractivity contribution < 1.29 is 14.6 Å². The van der Waals surface area contributed by atoms with E-state index in [9.17, 15) is 4.79 Å². The van der Waals surface area contributed by atoms with Gasteiger partial charge in [0, 0.05) is 5.56 Å². The third-order valence-electron chi connectivity index (χ3n) is 2.13. The molecule has 1 heterocycles. The normalized spacial score (nSPS) is 13.1. The SMILES string of the molecule is N#Cc1ccc2c(c1)C=C(C(=O)O)CO2. The van der Waals surface area contributed by atoms with Crippen molar-refractivity contribution in [2.45, 2.75) is 0 Å². The first-order valence-electron chi connectivity index (χ1n) is 4.31. The van der Waals surface area contributed by atoms with Crippen LogP contribution in [0.25, 0.3) is 6.08 Å². The molecule has 0 fully saturated rings. The summed E-state index contributed by atoms with van der Waals surface area (Å²) in [5.74, 6) is -0.387. The lowest BCUT2D eigenvalue weighted by atomic mass is 10.1. The van der Waals surface area contributed by atoms with Crippen LogP contribution in [0, 0.1) is 11.3 Å². The molecule has 0 aliphatic carbocycles. The van der Waals surface area contributed by atoms with Crippen LogP contribution in [0.15, 0.2) is 23.8 Å². The van der Waals surface area contributed by atoms with E-state index in [0.717, 1.165) is 0 Å². The van der Waals surface area contributed by atoms with E-state index in [2.05, 4.69) is 0 Å². The zero-order chi connectivity index (χ0) is 10.8. The maximum absolute atomic E-state index is 10.7. The van der Waals surface area contributed by atoms with E-state index in [1.807, 2.05) is 6.07 Å². The predicted octanol–water partition coefficient (Wildman–Crippen LogP) is 1.42. The fourth-order valence-electron chi connectivity index (χ4n) is 1.37. The molecule has 4 heteroatoms. The van der Waals surface area contributed by atoms with Gasteiger partial charge >= 0.3 is 5.97 Å². The molecule has 1 N–H and O–H groups in total. The fourth-order valence-corrected chi connectivity index (χ4v) is 1.37. The maximum atomic E-state index is 10.7. The standard InChI is InChI=1S/C11H7NO3/c12-5-7-1-2-10-8(3-7)4-9(6-15-10)11(13)14/h1-4H,6H2,(H,13,14). The van der Waals surface area contributed by atoms with Crippen molar-refractivity contribution >= 4 is 12.0 Å². The number of carboxylic acids is 1. The lowest BCUT2D eigenvalue weighted by Crippen LogP contribution is -2.14. The van der Waals surface area contributed by atoms with E-state index >= 15 is 0 Å². The Hall–Kier alpha value is -2.28. The highest BCUT2D eigenvalue weighted by Gasteiger charge is 2.16. The predicted molar refractivity (Wildman–Crippen MR) is 52.3 cm³/mol. The highest BCUT2D eigenvalue weighted by Crippen LogP contribution is 2.27. The van der Waals surface area contributed by atoms with Gasteiger partial charge in [-0.05, 0) is 24.3 Å². The zero-order valence-electron chi connectivity index (χ0n) is 7.73. The van der Waals surface area contributed by atoms with E-state index in [0.29, 0.717) is 16.9 Å². The first kappa shape index (κ1) is 9.28. The maximum Gasteiger partial charge on any atom is 0.335 e. The molecule has 2 rings (SSSR count). The van der Waals surface area contributed by atoms with Crippen LogP contribution in [0.4, 0.5) is 0 Å². The molecule has 0 radical (unpaired) electrons. The summed E-state index contributed by atoms with van der Waals surface area (Å²) in [4.78, 5) is 10.7. The molecule has 1 aromatic rings. The van der Waals surface area contributed by atoms with Crippen LogP contribution in [0.5, 0.6) is 5.75 Å². The van der Waals surface area contributed by atoms with E-state index < -0.39 is 5.97 Å². The zero-order valence-corrected chi connectivity index (χ0v) is 7.73. The van der Waals surface area contributed by atoms with Gasteiger partial charge in [-0.2, -0.15) is 5.26 Å². The van der Waals surface area contributed by atoms with Gasteiger partial charge < -0.3 is 9.84 Å². The summed E-state index contributed by atoms with van der Waals surface area (Å²) in [6.45, 7) is 0.0637. The lowest BCUT2D eigenvalue weighted by Gasteiger charge is -2.15. The van der Waals surface area contributed by atoms with Gasteiger partial charge in [-0.1, -0.05) is 0 Å². The number of nitriles is 1. The highest BCUT2D eigenvalue weighted by atomic mass is 16.5. The number of fused-ring (bicyclic) bond motifs is 1. The molecule has 0 saturated heterocycles. The number of carboxylic acid groups (broad SMARTS) is 1. The number of hydrogen-bond donors (Lipinski definition) is 1. The summed E-state index contributed by atoms with van der Waals surface area (Å²) in [5.41, 5.74) is 1.32. The second kappa shape index (κ2) is 3.46. The molecule has 0 unspecified atom stereocenters. The van der Waals surface area contributed by atoms with E-state index in [1.54, 1.807) is 18.2 Å². The van der Waals surface area contributed by atoms with Crippen molar-refractivity contribution in [3.63, 3.8) is 0 Å². The smallest absolute Gasteiger partial charge is 0.335 e. The van der Waals surface area contributed by atoms with Crippen LogP contribution in [-0.4, -0.2) is 17.7 Å². The Morgan fingerprint density at radius 2 is 2.33 bits per heavy atom. The molecule has 1 aromatic carbocycles. The third kappa shape index (κ3) is 1.67. The van der Waals surface area contributed by atoms with Gasteiger partial charge in [0.15, 0.2) is 0 Å². The molecular weight excluding hydrogens is 194 g/mol. The number of carbonyl (C=O) groups is 1. The van der Waals surface area contributed by atoms with Crippen molar-refractivity contribution in [3.8, 4) is 11.8 Å². The molecule has 0 atom stereocenters. The summed E-state index contributed by atoms with van der Waals surface area (Å²) >= 11 is 0. The van der Waals surface area contributed by atoms with Crippen LogP contribution in [0.2, 0.25) is 0 Å². The van der Waals surface area contributed by atoms with Crippen molar-refractivity contribution in [1.82, 2.24) is 0 Å². The second-order valence-corrected chi connectivity index (χ2v) is 3.13. The number of aliphatic carboxylic acids is 1. The number of nitrogens with zero attached hydrogens (tertiary/aromatic N) is 1. The largest absolute Gasteiger partial charge is 0.488 e. The van der Waals surface area contributed by atoms with Crippen LogP contribution in [0.1, 0.15) is 11.1 Å². The first-order valence-corrected chi connectivity index (χ1v) is 4.31. The second-order valence-electron chi connectivity index (χ2n) is 3.13. The van der Waals surface area contributed by atoms with Gasteiger partial charge in [0.05, 0.1) is 17.2 Å². The third-order valence-corrected chi connectivity index (χ3v) is 2.13. The Kier molecular flexibility index (Phi) is 2.14. The Morgan fingerprint density at radius 1 is 1.53 bits per heavy atom. The minimum atomic E-state index is -0.997. The Bertz CT molecular complexity index is 497. The molecular formula is C11H7NO3. The molecule has 0 spiro atoms. The van der Waals surface area contributed by atoms with Gasteiger partial charge in [0.1, 0.15) is 12.4 Å². The van der Waals surface area contributed by atoms with Crippen molar-refractivity contribution in [2.75, 3.05) is 6.61 Å². The summed E-state index contributed by atoms with van der Waals surface area (Å²) in [5, 5.41) is 17.5. The van der Waals surface area contributed by atoms with Gasteiger partial charge in [-0.25, -0.2) is 4.79 Å². The van der Waals surface area contributed by atoms with Gasteiger partial charge in [0.2, 0.25) is 0 Å². The van der Waals surface area contributed by atoms with Crippen molar-refractivity contribution in [1.29, 1.82) is 5.26 Å². The highest BCUT2D eigenvalue weighted by molar-refractivity contribution is 5.93. The molecule has 4 nitrogen and oxygen atoms in total. The van der Waals surface area contributed by atoms with Crippen LogP contribution >= 0.6 is 0 Å². The van der Waals surface area contributed by atoms with E-state index in [4.69, 9.17) is 15.1 Å². The minimum absolute atomic E-state index is 0.0637. The number of ether oxygens (including phenoxy) is 1. The van der Waals surface area contributed by atoms with Crippen molar-refractivity contribution in [3.05, 3.63) is 34.9 Å². The number of hydrogen-bond acceptors (Lipinski definition) is 3. The van der Waals surface area contributed by atoms with Gasteiger partial charge in [-0.15, -0.1) is 0 Å². The Labute approximate surface area is 86.0 Å². The molecule has 15 heavy (non-hydrogen) atoms. The van der Waals surface area contributed by atoms with Crippen LogP contribution in [0.3, 0.4) is 0 Å². The summed E-state index contributed by atoms with van der Waals surface area (Å²) < 4.78 is 5.24. The Morgan fingerprint density at radius 3 is 3.00 bits per heavy atom. The van der Waals surface area contributed by atoms with E-state index in [-0.39, 0.29) is 12.2 Å². The Balaban J connectivity index is 2.49. The molecule has 74 valence electrons. The fraction of sp³-hybridized carbons (Fsp3) is 0.0909. The van der Waals surface area contributed by atoms with Crippen LogP contribution in [-0.2, 0) is 4.79 Å². The number of rotatable bonds is 1. The summed E-state index contributed by atoms with van der Waals surface area (Å²) in [7, 11) is 0. The summed E-state index contributed by atoms with van der Waals surface area (Å²) in [6, 6.07) is 6.90. The lowest BCUT2D eigenvalue weighted by molar-refractivity contribution is -0.132. The summed E-state index contributed by atoms with van der Waals surface area (Å²) in [6.07, 6.45) is 1.53. The minimum Gasteiger partial charge on any atom is -0.488 e. The average Bonchev–Trinajstić information content (AvgIpc) is 2.27. The van der Waals surface area contributed by atoms with Crippen molar-refractivity contribution in [2.24, 2.45) is 0 Å². The molecule has 0 saturated carbocycles. The van der Waals surface area contributed by atoms with Gasteiger partial charge in [0.25, 0.3) is 0 Å². The number of benzene rings is 1. The quantitative estimate of drug-likeness (QED) is 0.745.